The quantitative estimate of drug-likeness (QED) is 0.488. The van der Waals surface area contributed by atoms with E-state index in [1.165, 1.54) is 25.3 Å². The lowest BCUT2D eigenvalue weighted by Gasteiger charge is -2.12. The lowest BCUT2D eigenvalue weighted by Crippen LogP contribution is -1.94. The van der Waals surface area contributed by atoms with Crippen molar-refractivity contribution < 1.29 is 19.1 Å². The van der Waals surface area contributed by atoms with Gasteiger partial charge in [0.2, 0.25) is 0 Å². The molecule has 0 saturated heterocycles. The summed E-state index contributed by atoms with van der Waals surface area (Å²) in [7, 11) is 3.08. The molecule has 0 aliphatic heterocycles. The van der Waals surface area contributed by atoms with Crippen molar-refractivity contribution in [3.63, 3.8) is 0 Å². The minimum atomic E-state index is -0.551. The first kappa shape index (κ1) is 16.8. The van der Waals surface area contributed by atoms with Gasteiger partial charge in [-0.25, -0.2) is 0 Å². The Labute approximate surface area is 147 Å². The molecule has 0 unspecified atom stereocenters. The molecule has 1 aromatic heterocycles. The maximum atomic E-state index is 10.8. The summed E-state index contributed by atoms with van der Waals surface area (Å²) in [6.07, 6.45) is 1.59. The molecule has 0 fully saturated rings. The molecule has 8 heteroatoms. The van der Waals surface area contributed by atoms with Crippen LogP contribution in [0.25, 0.3) is 10.9 Å². The lowest BCUT2D eigenvalue weighted by atomic mass is 10.2. The summed E-state index contributed by atoms with van der Waals surface area (Å²) in [6, 6.07) is 9.35. The van der Waals surface area contributed by atoms with Gasteiger partial charge in [-0.3, -0.25) is 15.1 Å². The number of hydrogen-bond donors (Lipinski definition) is 0. The van der Waals surface area contributed by atoms with E-state index in [1.54, 1.807) is 31.5 Å². The summed E-state index contributed by atoms with van der Waals surface area (Å²) in [6.45, 7) is 0. The van der Waals surface area contributed by atoms with Gasteiger partial charge in [-0.15, -0.1) is 0 Å². The van der Waals surface area contributed by atoms with Crippen molar-refractivity contribution in [1.29, 1.82) is 0 Å². The Morgan fingerprint density at radius 1 is 1.04 bits per heavy atom. The smallest absolute Gasteiger partial charge is 0.288 e. The zero-order valence-corrected chi connectivity index (χ0v) is 14.1. The van der Waals surface area contributed by atoms with Crippen molar-refractivity contribution in [3.8, 4) is 23.0 Å². The number of aromatic nitrogens is 1. The van der Waals surface area contributed by atoms with Gasteiger partial charge in [0.25, 0.3) is 5.69 Å². The third-order valence-electron chi connectivity index (χ3n) is 3.55. The van der Waals surface area contributed by atoms with Crippen LogP contribution in [0.4, 0.5) is 5.69 Å². The first-order valence-electron chi connectivity index (χ1n) is 7.16. The average Bonchev–Trinajstić information content (AvgIpc) is 2.60. The van der Waals surface area contributed by atoms with Crippen LogP contribution in [0.2, 0.25) is 5.02 Å². The fourth-order valence-electron chi connectivity index (χ4n) is 2.36. The van der Waals surface area contributed by atoms with Crippen LogP contribution in [0.1, 0.15) is 0 Å². The fraction of sp³-hybridized carbons (Fsp3) is 0.118. The molecule has 3 rings (SSSR count). The molecule has 0 radical (unpaired) electrons. The average molecular weight is 361 g/mol. The molecular weight excluding hydrogens is 348 g/mol. The second-order valence-electron chi connectivity index (χ2n) is 5.01. The van der Waals surface area contributed by atoms with E-state index in [2.05, 4.69) is 4.98 Å². The van der Waals surface area contributed by atoms with Gasteiger partial charge in [0, 0.05) is 29.8 Å². The standard InChI is InChI=1S/C17H13ClN2O5/c1-23-16-8-11-13(9-17(16)24-2)19-6-5-15(11)25-10-3-4-14(20(21)22)12(18)7-10/h3-9H,1-2H3. The summed E-state index contributed by atoms with van der Waals surface area (Å²) in [5, 5.41) is 11.5. The van der Waals surface area contributed by atoms with Crippen LogP contribution in [0, 0.1) is 10.1 Å². The van der Waals surface area contributed by atoms with Crippen LogP contribution in [0.5, 0.6) is 23.0 Å². The van der Waals surface area contributed by atoms with E-state index >= 15 is 0 Å². The van der Waals surface area contributed by atoms with Crippen LogP contribution >= 0.6 is 11.6 Å². The summed E-state index contributed by atoms with van der Waals surface area (Å²) >= 11 is 5.93. The Morgan fingerprint density at radius 3 is 2.40 bits per heavy atom. The number of nitrogens with zero attached hydrogens (tertiary/aromatic N) is 2. The fourth-order valence-corrected chi connectivity index (χ4v) is 2.60. The first-order chi connectivity index (χ1) is 12.0. The largest absolute Gasteiger partial charge is 0.493 e. The number of rotatable bonds is 5. The molecule has 128 valence electrons. The lowest BCUT2D eigenvalue weighted by molar-refractivity contribution is -0.384. The minimum absolute atomic E-state index is 0.000103. The van der Waals surface area contributed by atoms with E-state index in [4.69, 9.17) is 25.8 Å². The van der Waals surface area contributed by atoms with Crippen molar-refractivity contribution in [2.24, 2.45) is 0 Å². The highest BCUT2D eigenvalue weighted by molar-refractivity contribution is 6.32. The predicted octanol–water partition coefficient (Wildman–Crippen LogP) is 4.61. The van der Waals surface area contributed by atoms with E-state index in [9.17, 15) is 10.1 Å². The van der Waals surface area contributed by atoms with Crippen LogP contribution in [0.15, 0.2) is 42.6 Å². The molecule has 25 heavy (non-hydrogen) atoms. The highest BCUT2D eigenvalue weighted by Gasteiger charge is 2.15. The van der Waals surface area contributed by atoms with Crippen molar-refractivity contribution in [1.82, 2.24) is 4.98 Å². The highest BCUT2D eigenvalue weighted by Crippen LogP contribution is 2.38. The Morgan fingerprint density at radius 2 is 1.76 bits per heavy atom. The van der Waals surface area contributed by atoms with E-state index in [-0.39, 0.29) is 10.7 Å². The number of halogens is 1. The summed E-state index contributed by atoms with van der Waals surface area (Å²) < 4.78 is 16.4. The number of benzene rings is 2. The Kier molecular flexibility index (Phi) is 4.58. The molecule has 2 aromatic carbocycles. The normalized spacial score (nSPS) is 10.5. The third kappa shape index (κ3) is 3.27. The van der Waals surface area contributed by atoms with Crippen molar-refractivity contribution in [2.45, 2.75) is 0 Å². The van der Waals surface area contributed by atoms with Gasteiger partial charge < -0.3 is 14.2 Å². The van der Waals surface area contributed by atoms with Crippen LogP contribution in [-0.4, -0.2) is 24.1 Å². The van der Waals surface area contributed by atoms with Gasteiger partial charge in [-0.2, -0.15) is 0 Å². The maximum absolute atomic E-state index is 10.8. The van der Waals surface area contributed by atoms with Gasteiger partial charge in [-0.05, 0) is 18.2 Å². The number of nitro groups is 1. The number of methoxy groups -OCH3 is 2. The molecule has 3 aromatic rings. The van der Waals surface area contributed by atoms with Gasteiger partial charge in [-0.1, -0.05) is 11.6 Å². The summed E-state index contributed by atoms with van der Waals surface area (Å²) in [5.41, 5.74) is 0.475. The molecule has 7 nitrogen and oxygen atoms in total. The summed E-state index contributed by atoms with van der Waals surface area (Å²) in [5.74, 6) is 1.97. The monoisotopic (exact) mass is 360 g/mol. The molecule has 0 spiro atoms. The predicted molar refractivity (Wildman–Crippen MR) is 93.0 cm³/mol. The zero-order valence-electron chi connectivity index (χ0n) is 13.4. The van der Waals surface area contributed by atoms with E-state index in [0.29, 0.717) is 33.9 Å². The molecule has 0 atom stereocenters. The Balaban J connectivity index is 2.04. The second kappa shape index (κ2) is 6.82. The van der Waals surface area contributed by atoms with Crippen molar-refractivity contribution >= 4 is 28.2 Å². The SMILES string of the molecule is COc1cc2nccc(Oc3ccc([N+](=O)[O-])c(Cl)c3)c2cc1OC. The van der Waals surface area contributed by atoms with Crippen molar-refractivity contribution in [3.05, 3.63) is 57.7 Å². The molecule has 1 heterocycles. The highest BCUT2D eigenvalue weighted by atomic mass is 35.5. The minimum Gasteiger partial charge on any atom is -0.493 e. The van der Waals surface area contributed by atoms with Crippen molar-refractivity contribution in [2.75, 3.05) is 14.2 Å². The molecule has 0 aliphatic rings. The molecule has 0 bridgehead atoms. The molecule has 0 N–H and O–H groups in total. The van der Waals surface area contributed by atoms with Crippen LogP contribution in [0.3, 0.4) is 0 Å². The van der Waals surface area contributed by atoms with Crippen LogP contribution < -0.4 is 14.2 Å². The van der Waals surface area contributed by atoms with Gasteiger partial charge in [0.05, 0.1) is 24.7 Å². The van der Waals surface area contributed by atoms with Gasteiger partial charge in [0.1, 0.15) is 16.5 Å². The molecule has 0 aliphatic carbocycles. The van der Waals surface area contributed by atoms with Crippen LogP contribution in [-0.2, 0) is 0 Å². The molecular formula is C17H13ClN2O5. The second-order valence-corrected chi connectivity index (χ2v) is 5.41. The topological polar surface area (TPSA) is 83.7 Å². The van der Waals surface area contributed by atoms with E-state index < -0.39 is 4.92 Å². The number of ether oxygens (including phenoxy) is 3. The Hall–Kier alpha value is -3.06. The number of pyridine rings is 1. The number of fused-ring (bicyclic) bond motifs is 1. The zero-order chi connectivity index (χ0) is 18.0. The van der Waals surface area contributed by atoms with E-state index in [1.807, 2.05) is 0 Å². The van der Waals surface area contributed by atoms with Gasteiger partial charge in [0.15, 0.2) is 11.5 Å². The Bertz CT molecular complexity index is 961. The first-order valence-corrected chi connectivity index (χ1v) is 7.54. The van der Waals surface area contributed by atoms with Gasteiger partial charge >= 0.3 is 0 Å². The summed E-state index contributed by atoms with van der Waals surface area (Å²) in [4.78, 5) is 14.6. The molecule has 0 amide bonds. The maximum Gasteiger partial charge on any atom is 0.288 e. The van der Waals surface area contributed by atoms with E-state index in [0.717, 1.165) is 0 Å². The third-order valence-corrected chi connectivity index (χ3v) is 3.85. The number of hydrogen-bond acceptors (Lipinski definition) is 6. The molecule has 0 saturated carbocycles. The number of nitro benzene ring substituents is 1.